The molecule has 4 heteroatoms. The maximum atomic E-state index is 12.5. The molecule has 4 aliphatic carbocycles. The number of ether oxygens (including phenoxy) is 1. The zero-order chi connectivity index (χ0) is 21.9. The number of carbonyl (C=O) groups is 3. The Morgan fingerprint density at radius 1 is 1.20 bits per heavy atom. The van der Waals surface area contributed by atoms with E-state index in [0.29, 0.717) is 30.6 Å². The minimum Gasteiger partial charge on any atom is -0.462 e. The number of hydrogen-bond acceptors (Lipinski definition) is 4. The third kappa shape index (κ3) is 3.13. The first kappa shape index (κ1) is 21.5. The fourth-order valence-corrected chi connectivity index (χ4v) is 7.19. The number of carbonyl (C=O) groups excluding carboxylic acids is 3. The van der Waals surface area contributed by atoms with Crippen LogP contribution in [0, 0.1) is 39.9 Å². The molecule has 0 aromatic rings. The quantitative estimate of drug-likeness (QED) is 0.480. The van der Waals surface area contributed by atoms with E-state index in [-0.39, 0.29) is 29.2 Å². The zero-order valence-electron chi connectivity index (χ0n) is 19.1. The van der Waals surface area contributed by atoms with Crippen LogP contribution in [0.2, 0.25) is 0 Å². The number of aldehydes is 1. The standard InChI is InChI=1S/C26H36O4/c1-16(30-23(29)24(2,3)4)20-8-9-21-19-7-6-17-14-18(28)10-13-26(17,15-27)22(19)11-12-25(20,21)5/h6-7,14-16,19-22H,8-13H2,1-5H3/t16-,19-,20+,21-,22-,25+,26+/m0/s1. The Morgan fingerprint density at radius 2 is 1.93 bits per heavy atom. The van der Waals surface area contributed by atoms with Crippen LogP contribution in [0.15, 0.2) is 23.8 Å². The fourth-order valence-electron chi connectivity index (χ4n) is 7.19. The van der Waals surface area contributed by atoms with E-state index in [2.05, 4.69) is 26.0 Å². The summed E-state index contributed by atoms with van der Waals surface area (Å²) < 4.78 is 5.93. The average molecular weight is 413 g/mol. The van der Waals surface area contributed by atoms with E-state index in [1.807, 2.05) is 20.8 Å². The van der Waals surface area contributed by atoms with Crippen molar-refractivity contribution in [2.75, 3.05) is 0 Å². The summed E-state index contributed by atoms with van der Waals surface area (Å²) in [7, 11) is 0. The van der Waals surface area contributed by atoms with Gasteiger partial charge in [0.05, 0.1) is 10.8 Å². The minimum absolute atomic E-state index is 0.0985. The van der Waals surface area contributed by atoms with E-state index in [1.165, 1.54) is 0 Å². The molecular weight excluding hydrogens is 376 g/mol. The summed E-state index contributed by atoms with van der Waals surface area (Å²) in [6.45, 7) is 10.1. The van der Waals surface area contributed by atoms with Crippen LogP contribution in [0.3, 0.4) is 0 Å². The molecule has 0 amide bonds. The molecule has 164 valence electrons. The average Bonchev–Trinajstić information content (AvgIpc) is 3.04. The van der Waals surface area contributed by atoms with Gasteiger partial charge < -0.3 is 9.53 Å². The summed E-state index contributed by atoms with van der Waals surface area (Å²) in [4.78, 5) is 36.9. The fraction of sp³-hybridized carbons (Fsp3) is 0.731. The third-order valence-electron chi connectivity index (χ3n) is 8.89. The van der Waals surface area contributed by atoms with Crippen LogP contribution in [0.1, 0.15) is 73.1 Å². The second-order valence-corrected chi connectivity index (χ2v) is 11.5. The minimum atomic E-state index is -0.492. The van der Waals surface area contributed by atoms with Gasteiger partial charge in [0.15, 0.2) is 5.78 Å². The predicted octanol–water partition coefficient (Wildman–Crippen LogP) is 5.07. The molecule has 0 saturated heterocycles. The second-order valence-electron chi connectivity index (χ2n) is 11.5. The maximum Gasteiger partial charge on any atom is 0.311 e. The molecule has 4 aliphatic rings. The Bertz CT molecular complexity index is 815. The van der Waals surface area contributed by atoms with E-state index in [0.717, 1.165) is 37.5 Å². The van der Waals surface area contributed by atoms with Crippen molar-refractivity contribution in [3.63, 3.8) is 0 Å². The van der Waals surface area contributed by atoms with Crippen molar-refractivity contribution in [2.45, 2.75) is 79.2 Å². The molecule has 4 nitrogen and oxygen atoms in total. The predicted molar refractivity (Wildman–Crippen MR) is 116 cm³/mol. The van der Waals surface area contributed by atoms with Crippen molar-refractivity contribution in [3.8, 4) is 0 Å². The molecule has 2 fully saturated rings. The van der Waals surface area contributed by atoms with Gasteiger partial charge in [0, 0.05) is 12.3 Å². The highest BCUT2D eigenvalue weighted by molar-refractivity contribution is 5.94. The van der Waals surface area contributed by atoms with Crippen LogP contribution in [0.4, 0.5) is 0 Å². The van der Waals surface area contributed by atoms with Crippen molar-refractivity contribution >= 4 is 18.0 Å². The first-order chi connectivity index (χ1) is 14.0. The molecule has 0 unspecified atom stereocenters. The van der Waals surface area contributed by atoms with Gasteiger partial charge in [-0.05, 0) is 94.6 Å². The van der Waals surface area contributed by atoms with Crippen LogP contribution < -0.4 is 0 Å². The van der Waals surface area contributed by atoms with Crippen molar-refractivity contribution < 1.29 is 19.1 Å². The first-order valence-electron chi connectivity index (χ1n) is 11.6. The summed E-state index contributed by atoms with van der Waals surface area (Å²) in [6.07, 6.45) is 12.4. The number of esters is 1. The molecule has 0 aromatic heterocycles. The lowest BCUT2D eigenvalue weighted by Crippen LogP contribution is -2.51. The lowest BCUT2D eigenvalue weighted by atomic mass is 9.48. The van der Waals surface area contributed by atoms with E-state index in [9.17, 15) is 14.4 Å². The molecule has 0 heterocycles. The van der Waals surface area contributed by atoms with Crippen LogP contribution >= 0.6 is 0 Å². The van der Waals surface area contributed by atoms with Gasteiger partial charge in [-0.2, -0.15) is 0 Å². The van der Waals surface area contributed by atoms with Crippen molar-refractivity contribution in [1.82, 2.24) is 0 Å². The van der Waals surface area contributed by atoms with Gasteiger partial charge in [-0.1, -0.05) is 19.1 Å². The number of rotatable bonds is 3. The van der Waals surface area contributed by atoms with Crippen molar-refractivity contribution in [1.29, 1.82) is 0 Å². The van der Waals surface area contributed by atoms with Crippen LogP contribution in [-0.2, 0) is 19.1 Å². The lowest BCUT2D eigenvalue weighted by molar-refractivity contribution is -0.164. The van der Waals surface area contributed by atoms with Gasteiger partial charge in [-0.25, -0.2) is 0 Å². The third-order valence-corrected chi connectivity index (χ3v) is 8.89. The molecule has 30 heavy (non-hydrogen) atoms. The SMILES string of the molecule is C[C@H](OC(=O)C(C)(C)C)[C@H]1CC[C@H]2[C@@H]3C=CC4=CC(=O)CC[C@]4(C=O)[C@H]3CC[C@]12C. The molecule has 0 N–H and O–H groups in total. The molecule has 0 bridgehead atoms. The molecule has 7 atom stereocenters. The lowest BCUT2D eigenvalue weighted by Gasteiger charge is -2.55. The Kier molecular flexibility index (Phi) is 5.14. The smallest absolute Gasteiger partial charge is 0.311 e. The van der Waals surface area contributed by atoms with Gasteiger partial charge in [0.1, 0.15) is 12.4 Å². The molecule has 2 saturated carbocycles. The van der Waals surface area contributed by atoms with Gasteiger partial charge in [0.2, 0.25) is 0 Å². The van der Waals surface area contributed by atoms with Crippen LogP contribution in [-0.4, -0.2) is 24.1 Å². The topological polar surface area (TPSA) is 60.4 Å². The highest BCUT2D eigenvalue weighted by Gasteiger charge is 2.60. The monoisotopic (exact) mass is 412 g/mol. The van der Waals surface area contributed by atoms with E-state index < -0.39 is 10.8 Å². The zero-order valence-corrected chi connectivity index (χ0v) is 19.1. The highest BCUT2D eigenvalue weighted by atomic mass is 16.5. The normalized spacial score (nSPS) is 41.2. The Hall–Kier alpha value is -1.71. The van der Waals surface area contributed by atoms with Crippen LogP contribution in [0.5, 0.6) is 0 Å². The number of hydrogen-bond donors (Lipinski definition) is 0. The maximum absolute atomic E-state index is 12.5. The van der Waals surface area contributed by atoms with E-state index in [1.54, 1.807) is 6.08 Å². The second kappa shape index (κ2) is 7.17. The molecular formula is C26H36O4. The van der Waals surface area contributed by atoms with E-state index in [4.69, 9.17) is 4.74 Å². The Labute approximate surface area is 180 Å². The van der Waals surface area contributed by atoms with Gasteiger partial charge >= 0.3 is 5.97 Å². The van der Waals surface area contributed by atoms with Crippen molar-refractivity contribution in [3.05, 3.63) is 23.8 Å². The molecule has 0 spiro atoms. The Morgan fingerprint density at radius 3 is 2.60 bits per heavy atom. The molecule has 0 aliphatic heterocycles. The summed E-state index contributed by atoms with van der Waals surface area (Å²) in [5.41, 5.74) is 0.0605. The van der Waals surface area contributed by atoms with Gasteiger partial charge in [-0.15, -0.1) is 0 Å². The molecule has 0 radical (unpaired) electrons. The van der Waals surface area contributed by atoms with E-state index >= 15 is 0 Å². The van der Waals surface area contributed by atoms with Crippen LogP contribution in [0.25, 0.3) is 0 Å². The Balaban J connectivity index is 1.60. The largest absolute Gasteiger partial charge is 0.462 e. The summed E-state index contributed by atoms with van der Waals surface area (Å²) in [5, 5.41) is 0. The highest BCUT2D eigenvalue weighted by Crippen LogP contribution is 2.65. The molecule has 0 aromatic carbocycles. The van der Waals surface area contributed by atoms with Gasteiger partial charge in [0.25, 0.3) is 0 Å². The first-order valence-corrected chi connectivity index (χ1v) is 11.6. The van der Waals surface area contributed by atoms with Gasteiger partial charge in [-0.3, -0.25) is 9.59 Å². The van der Waals surface area contributed by atoms with Crippen molar-refractivity contribution in [2.24, 2.45) is 39.9 Å². The summed E-state index contributed by atoms with van der Waals surface area (Å²) in [5.74, 6) is 1.49. The summed E-state index contributed by atoms with van der Waals surface area (Å²) in [6, 6.07) is 0. The molecule has 4 rings (SSSR count). The number of fused-ring (bicyclic) bond motifs is 5. The number of ketones is 1. The number of allylic oxidation sites excluding steroid dienone is 4. The summed E-state index contributed by atoms with van der Waals surface area (Å²) >= 11 is 0.